The normalized spacial score (nSPS) is 10.1. The van der Waals surface area contributed by atoms with Gasteiger partial charge < -0.3 is 15.2 Å². The van der Waals surface area contributed by atoms with Crippen LogP contribution < -0.4 is 10.6 Å². The second-order valence-corrected chi connectivity index (χ2v) is 3.80. The van der Waals surface area contributed by atoms with Crippen molar-refractivity contribution in [2.24, 2.45) is 0 Å². The minimum Gasteiger partial charge on any atom is -0.370 e. The van der Waals surface area contributed by atoms with E-state index in [1.54, 1.807) is 12.1 Å². The number of anilines is 2. The Labute approximate surface area is 108 Å². The summed E-state index contributed by atoms with van der Waals surface area (Å²) in [4.78, 5) is 16.1. The number of amides is 1. The number of rotatable bonds is 4. The van der Waals surface area contributed by atoms with Crippen LogP contribution in [0.3, 0.4) is 0 Å². The maximum absolute atomic E-state index is 11.9. The molecule has 2 N–H and O–H groups in total. The highest BCUT2D eigenvalue weighted by Crippen LogP contribution is 2.18. The molecule has 2 aromatic heterocycles. The van der Waals surface area contributed by atoms with Crippen LogP contribution in [0.2, 0.25) is 5.02 Å². The van der Waals surface area contributed by atoms with E-state index >= 15 is 0 Å². The van der Waals surface area contributed by atoms with E-state index < -0.39 is 5.91 Å². The lowest BCUT2D eigenvalue weighted by Crippen LogP contribution is -2.15. The second kappa shape index (κ2) is 5.50. The minimum absolute atomic E-state index is 0.137. The SMILES string of the molecule is CCNc1ccc(Cl)c(C(=O)Nc2ccon2)n1. The molecule has 0 saturated heterocycles. The lowest BCUT2D eigenvalue weighted by atomic mass is 10.3. The minimum atomic E-state index is -0.436. The zero-order valence-electron chi connectivity index (χ0n) is 9.61. The quantitative estimate of drug-likeness (QED) is 0.888. The number of pyridine rings is 1. The summed E-state index contributed by atoms with van der Waals surface area (Å²) in [5, 5.41) is 9.39. The van der Waals surface area contributed by atoms with E-state index in [9.17, 15) is 4.79 Å². The Morgan fingerprint density at radius 3 is 2.89 bits per heavy atom. The van der Waals surface area contributed by atoms with Gasteiger partial charge in [-0.1, -0.05) is 16.8 Å². The third kappa shape index (κ3) is 2.78. The van der Waals surface area contributed by atoms with Crippen LogP contribution in [0, 0.1) is 0 Å². The molecule has 0 aliphatic heterocycles. The Bertz CT molecular complexity index is 542. The molecule has 0 aromatic carbocycles. The molecule has 0 aliphatic rings. The van der Waals surface area contributed by atoms with E-state index in [0.717, 1.165) is 0 Å². The molecule has 94 valence electrons. The van der Waals surface area contributed by atoms with Gasteiger partial charge in [-0.05, 0) is 19.1 Å². The van der Waals surface area contributed by atoms with Crippen molar-refractivity contribution in [3.8, 4) is 0 Å². The number of aromatic nitrogens is 2. The van der Waals surface area contributed by atoms with Gasteiger partial charge >= 0.3 is 0 Å². The summed E-state index contributed by atoms with van der Waals surface area (Å²) in [6.45, 7) is 2.64. The molecular formula is C11H11ClN4O2. The standard InChI is InChI=1S/C11H11ClN4O2/c1-2-13-8-4-3-7(12)10(14-8)11(17)15-9-5-6-18-16-9/h3-6H,2H2,1H3,(H,13,14)(H,15,16,17). The number of carbonyl (C=O) groups excluding carboxylic acids is 1. The smallest absolute Gasteiger partial charge is 0.277 e. The number of nitrogens with one attached hydrogen (secondary N) is 2. The van der Waals surface area contributed by atoms with Gasteiger partial charge in [0.25, 0.3) is 5.91 Å². The van der Waals surface area contributed by atoms with E-state index in [-0.39, 0.29) is 10.7 Å². The third-order valence-electron chi connectivity index (χ3n) is 2.10. The van der Waals surface area contributed by atoms with Gasteiger partial charge in [0.15, 0.2) is 5.82 Å². The number of hydrogen-bond donors (Lipinski definition) is 2. The first-order chi connectivity index (χ1) is 8.70. The van der Waals surface area contributed by atoms with Crippen molar-refractivity contribution in [3.63, 3.8) is 0 Å². The molecule has 2 rings (SSSR count). The number of hydrogen-bond acceptors (Lipinski definition) is 5. The lowest BCUT2D eigenvalue weighted by molar-refractivity contribution is 0.102. The molecule has 0 radical (unpaired) electrons. The number of nitrogens with zero attached hydrogens (tertiary/aromatic N) is 2. The van der Waals surface area contributed by atoms with Crippen molar-refractivity contribution >= 4 is 29.1 Å². The van der Waals surface area contributed by atoms with Crippen LogP contribution in [0.1, 0.15) is 17.4 Å². The van der Waals surface area contributed by atoms with Gasteiger partial charge in [-0.25, -0.2) is 4.98 Å². The van der Waals surface area contributed by atoms with Crippen LogP contribution in [-0.2, 0) is 0 Å². The van der Waals surface area contributed by atoms with Crippen molar-refractivity contribution in [3.05, 3.63) is 35.2 Å². The van der Waals surface area contributed by atoms with Crippen LogP contribution in [-0.4, -0.2) is 22.6 Å². The fourth-order valence-corrected chi connectivity index (χ4v) is 1.52. The molecule has 0 atom stereocenters. The first-order valence-electron chi connectivity index (χ1n) is 5.33. The van der Waals surface area contributed by atoms with Gasteiger partial charge in [0.2, 0.25) is 0 Å². The first kappa shape index (κ1) is 12.4. The van der Waals surface area contributed by atoms with E-state index in [2.05, 4.69) is 25.3 Å². The Morgan fingerprint density at radius 2 is 2.22 bits per heavy atom. The Kier molecular flexibility index (Phi) is 3.78. The number of halogens is 1. The molecule has 0 fully saturated rings. The molecule has 0 unspecified atom stereocenters. The van der Waals surface area contributed by atoms with E-state index in [4.69, 9.17) is 11.6 Å². The topological polar surface area (TPSA) is 80.0 Å². The largest absolute Gasteiger partial charge is 0.370 e. The Hall–Kier alpha value is -2.08. The van der Waals surface area contributed by atoms with Crippen molar-refractivity contribution in [2.45, 2.75) is 6.92 Å². The summed E-state index contributed by atoms with van der Waals surface area (Å²) in [7, 11) is 0. The van der Waals surface area contributed by atoms with Crippen LogP contribution in [0.15, 0.2) is 29.0 Å². The molecule has 0 saturated carbocycles. The highest BCUT2D eigenvalue weighted by Gasteiger charge is 2.14. The Balaban J connectivity index is 2.20. The zero-order valence-corrected chi connectivity index (χ0v) is 10.4. The lowest BCUT2D eigenvalue weighted by Gasteiger charge is -2.06. The molecule has 6 nitrogen and oxygen atoms in total. The molecule has 18 heavy (non-hydrogen) atoms. The molecule has 0 spiro atoms. The molecule has 7 heteroatoms. The second-order valence-electron chi connectivity index (χ2n) is 3.40. The van der Waals surface area contributed by atoms with Crippen molar-refractivity contribution in [1.29, 1.82) is 0 Å². The van der Waals surface area contributed by atoms with Gasteiger partial charge in [-0.3, -0.25) is 4.79 Å². The molecule has 2 heterocycles. The highest BCUT2D eigenvalue weighted by molar-refractivity contribution is 6.34. The molecule has 0 bridgehead atoms. The van der Waals surface area contributed by atoms with Crippen molar-refractivity contribution in [2.75, 3.05) is 17.2 Å². The van der Waals surface area contributed by atoms with E-state index in [1.807, 2.05) is 6.92 Å². The predicted octanol–water partition coefficient (Wildman–Crippen LogP) is 2.41. The van der Waals surface area contributed by atoms with Crippen LogP contribution >= 0.6 is 11.6 Å². The first-order valence-corrected chi connectivity index (χ1v) is 5.70. The summed E-state index contributed by atoms with van der Waals surface area (Å²) in [5.74, 6) is 0.465. The summed E-state index contributed by atoms with van der Waals surface area (Å²) in [6.07, 6.45) is 1.36. The van der Waals surface area contributed by atoms with Gasteiger partial charge in [0.1, 0.15) is 17.8 Å². The molecule has 1 amide bonds. The van der Waals surface area contributed by atoms with Gasteiger partial charge in [-0.2, -0.15) is 0 Å². The summed E-state index contributed by atoms with van der Waals surface area (Å²) in [6, 6.07) is 4.85. The monoisotopic (exact) mass is 266 g/mol. The number of carbonyl (C=O) groups is 1. The fourth-order valence-electron chi connectivity index (χ4n) is 1.33. The van der Waals surface area contributed by atoms with Crippen LogP contribution in [0.4, 0.5) is 11.6 Å². The third-order valence-corrected chi connectivity index (χ3v) is 2.40. The summed E-state index contributed by atoms with van der Waals surface area (Å²) in [5.41, 5.74) is 0.137. The van der Waals surface area contributed by atoms with E-state index in [1.165, 1.54) is 12.3 Å². The molecular weight excluding hydrogens is 256 g/mol. The summed E-state index contributed by atoms with van der Waals surface area (Å²) < 4.78 is 4.61. The van der Waals surface area contributed by atoms with Gasteiger partial charge in [0.05, 0.1) is 5.02 Å². The van der Waals surface area contributed by atoms with E-state index in [0.29, 0.717) is 18.2 Å². The van der Waals surface area contributed by atoms with Crippen molar-refractivity contribution < 1.29 is 9.32 Å². The fraction of sp³-hybridized carbons (Fsp3) is 0.182. The molecule has 2 aromatic rings. The Morgan fingerprint density at radius 1 is 1.39 bits per heavy atom. The zero-order chi connectivity index (χ0) is 13.0. The van der Waals surface area contributed by atoms with Crippen LogP contribution in [0.5, 0.6) is 0 Å². The maximum Gasteiger partial charge on any atom is 0.277 e. The average molecular weight is 267 g/mol. The molecule has 0 aliphatic carbocycles. The van der Waals surface area contributed by atoms with Gasteiger partial charge in [-0.15, -0.1) is 0 Å². The van der Waals surface area contributed by atoms with Gasteiger partial charge in [0, 0.05) is 12.6 Å². The average Bonchev–Trinajstić information content (AvgIpc) is 2.84. The summed E-state index contributed by atoms with van der Waals surface area (Å²) >= 11 is 5.94. The van der Waals surface area contributed by atoms with Crippen LogP contribution in [0.25, 0.3) is 0 Å². The van der Waals surface area contributed by atoms with Crippen molar-refractivity contribution in [1.82, 2.24) is 10.1 Å². The maximum atomic E-state index is 11.9. The predicted molar refractivity (Wildman–Crippen MR) is 67.9 cm³/mol. The highest BCUT2D eigenvalue weighted by atomic mass is 35.5.